The first-order valence-electron chi connectivity index (χ1n) is 8.40. The third-order valence-corrected chi connectivity index (χ3v) is 4.59. The Morgan fingerprint density at radius 3 is 2.40 bits per heavy atom. The number of amides is 1. The molecule has 1 amide bonds. The number of nitrogens with zero attached hydrogens (tertiary/aromatic N) is 1. The number of likely N-dealkylation sites (tertiary alicyclic amines) is 1. The first-order valence-corrected chi connectivity index (χ1v) is 8.40. The Hall–Kier alpha value is -2.44. The third kappa shape index (κ3) is 3.97. The first kappa shape index (κ1) is 17.4. The molecule has 0 aromatic heterocycles. The van der Waals surface area contributed by atoms with Crippen molar-refractivity contribution >= 4 is 17.8 Å². The molecular weight excluding hydrogens is 329 g/mol. The molecule has 0 aliphatic carbocycles. The number of hydrogen-bond donors (Lipinski definition) is 0. The van der Waals surface area contributed by atoms with E-state index in [-0.39, 0.29) is 17.9 Å². The summed E-state index contributed by atoms with van der Waals surface area (Å²) in [7, 11) is 0. The van der Waals surface area contributed by atoms with Crippen LogP contribution in [0, 0.1) is 11.7 Å². The molecule has 2 aliphatic heterocycles. The van der Waals surface area contributed by atoms with Crippen LogP contribution in [-0.4, -0.2) is 48.0 Å². The van der Waals surface area contributed by atoms with Crippen LogP contribution in [0.25, 0.3) is 0 Å². The van der Waals surface area contributed by atoms with Crippen LogP contribution >= 0.6 is 0 Å². The van der Waals surface area contributed by atoms with E-state index in [9.17, 15) is 18.8 Å². The molecule has 7 heteroatoms. The smallest absolute Gasteiger partial charge is 0.347 e. The largest absolute Gasteiger partial charge is 0.460 e. The maximum absolute atomic E-state index is 12.9. The van der Waals surface area contributed by atoms with Gasteiger partial charge < -0.3 is 14.4 Å². The van der Waals surface area contributed by atoms with Gasteiger partial charge in [-0.15, -0.1) is 0 Å². The molecular formula is C18H20FNO5. The number of hydrogen-bond acceptors (Lipinski definition) is 5. The standard InChI is InChI=1S/C18H20FNO5/c1-11-10-15(18(23)24-11)25-17(22)13-6-8-20(9-7-13)16(21)12-2-4-14(19)5-3-12/h2-5,11,13,15H,6-10H2,1H3/t11-,15-/m1/s1. The molecule has 0 bridgehead atoms. The van der Waals surface area contributed by atoms with Gasteiger partial charge >= 0.3 is 11.9 Å². The van der Waals surface area contributed by atoms with E-state index in [1.54, 1.807) is 11.8 Å². The van der Waals surface area contributed by atoms with Gasteiger partial charge in [0, 0.05) is 25.1 Å². The summed E-state index contributed by atoms with van der Waals surface area (Å²) in [4.78, 5) is 37.8. The number of cyclic esters (lactones) is 1. The summed E-state index contributed by atoms with van der Waals surface area (Å²) in [5.41, 5.74) is 0.421. The van der Waals surface area contributed by atoms with Gasteiger partial charge in [0.25, 0.3) is 5.91 Å². The summed E-state index contributed by atoms with van der Waals surface area (Å²) in [6.45, 7) is 2.59. The summed E-state index contributed by atoms with van der Waals surface area (Å²) < 4.78 is 23.2. The van der Waals surface area contributed by atoms with Crippen LogP contribution in [0.4, 0.5) is 4.39 Å². The lowest BCUT2D eigenvalue weighted by Gasteiger charge is -2.31. The molecule has 0 radical (unpaired) electrons. The van der Waals surface area contributed by atoms with E-state index in [0.29, 0.717) is 37.9 Å². The zero-order valence-corrected chi connectivity index (χ0v) is 13.9. The van der Waals surface area contributed by atoms with Crippen molar-refractivity contribution in [2.75, 3.05) is 13.1 Å². The maximum Gasteiger partial charge on any atom is 0.347 e. The van der Waals surface area contributed by atoms with Gasteiger partial charge in [0.15, 0.2) is 0 Å². The summed E-state index contributed by atoms with van der Waals surface area (Å²) in [6, 6.07) is 5.40. The van der Waals surface area contributed by atoms with Gasteiger partial charge in [-0.05, 0) is 44.0 Å². The predicted octanol–water partition coefficient (Wildman–Crippen LogP) is 1.93. The lowest BCUT2D eigenvalue weighted by molar-refractivity contribution is -0.164. The summed E-state index contributed by atoms with van der Waals surface area (Å²) in [5.74, 6) is -1.81. The van der Waals surface area contributed by atoms with Crippen molar-refractivity contribution in [3.8, 4) is 0 Å². The molecule has 0 saturated carbocycles. The minimum absolute atomic E-state index is 0.181. The van der Waals surface area contributed by atoms with Crippen molar-refractivity contribution in [1.29, 1.82) is 0 Å². The number of halogens is 1. The van der Waals surface area contributed by atoms with E-state index >= 15 is 0 Å². The van der Waals surface area contributed by atoms with Crippen molar-refractivity contribution in [3.05, 3.63) is 35.6 Å². The monoisotopic (exact) mass is 349 g/mol. The van der Waals surface area contributed by atoms with Crippen LogP contribution in [-0.2, 0) is 19.1 Å². The Morgan fingerprint density at radius 2 is 1.84 bits per heavy atom. The van der Waals surface area contributed by atoms with Crippen LogP contribution in [0.15, 0.2) is 24.3 Å². The zero-order valence-electron chi connectivity index (χ0n) is 13.9. The Bertz CT molecular complexity index is 667. The molecule has 2 fully saturated rings. The van der Waals surface area contributed by atoms with E-state index in [1.165, 1.54) is 24.3 Å². The molecule has 0 spiro atoms. The van der Waals surface area contributed by atoms with Gasteiger partial charge in [-0.1, -0.05) is 0 Å². The van der Waals surface area contributed by atoms with Crippen LogP contribution in [0.1, 0.15) is 36.5 Å². The highest BCUT2D eigenvalue weighted by Crippen LogP contribution is 2.24. The van der Waals surface area contributed by atoms with Crippen molar-refractivity contribution in [2.24, 2.45) is 5.92 Å². The Labute approximate surface area is 144 Å². The number of piperidine rings is 1. The number of ether oxygens (including phenoxy) is 2. The first-order chi connectivity index (χ1) is 11.9. The van der Waals surface area contributed by atoms with Gasteiger partial charge in [-0.25, -0.2) is 9.18 Å². The molecule has 25 heavy (non-hydrogen) atoms. The van der Waals surface area contributed by atoms with Crippen molar-refractivity contribution in [3.63, 3.8) is 0 Å². The van der Waals surface area contributed by atoms with Crippen molar-refractivity contribution in [1.82, 2.24) is 4.90 Å². The second-order valence-electron chi connectivity index (χ2n) is 6.48. The lowest BCUT2D eigenvalue weighted by atomic mass is 9.96. The minimum Gasteiger partial charge on any atom is -0.460 e. The molecule has 2 heterocycles. The summed E-state index contributed by atoms with van der Waals surface area (Å²) in [5, 5.41) is 0. The van der Waals surface area contributed by atoms with Gasteiger partial charge in [0.2, 0.25) is 6.10 Å². The molecule has 6 nitrogen and oxygen atoms in total. The molecule has 0 unspecified atom stereocenters. The predicted molar refractivity (Wildman–Crippen MR) is 85.1 cm³/mol. The second kappa shape index (κ2) is 7.21. The average Bonchev–Trinajstić information content (AvgIpc) is 2.92. The van der Waals surface area contributed by atoms with Crippen LogP contribution in [0.5, 0.6) is 0 Å². The van der Waals surface area contributed by atoms with Gasteiger partial charge in [0.1, 0.15) is 11.9 Å². The van der Waals surface area contributed by atoms with Gasteiger partial charge in [-0.3, -0.25) is 9.59 Å². The molecule has 0 N–H and O–H groups in total. The zero-order chi connectivity index (χ0) is 18.0. The number of esters is 2. The van der Waals surface area contributed by atoms with Crippen LogP contribution in [0.2, 0.25) is 0 Å². The number of carbonyl (C=O) groups excluding carboxylic acids is 3. The second-order valence-corrected chi connectivity index (χ2v) is 6.48. The van der Waals surface area contributed by atoms with E-state index in [2.05, 4.69) is 0 Å². The van der Waals surface area contributed by atoms with E-state index in [0.717, 1.165) is 0 Å². The fraction of sp³-hybridized carbons (Fsp3) is 0.500. The highest BCUT2D eigenvalue weighted by molar-refractivity contribution is 5.94. The summed E-state index contributed by atoms with van der Waals surface area (Å²) in [6.07, 6.45) is 0.278. The van der Waals surface area contributed by atoms with E-state index < -0.39 is 23.9 Å². The molecule has 2 atom stereocenters. The Kier molecular flexibility index (Phi) is 5.01. The fourth-order valence-corrected chi connectivity index (χ4v) is 3.15. The SMILES string of the molecule is C[C@@H]1C[C@@H](OC(=O)C2CCN(C(=O)c3ccc(F)cc3)CC2)C(=O)O1. The Morgan fingerprint density at radius 1 is 1.20 bits per heavy atom. The van der Waals surface area contributed by atoms with Crippen LogP contribution < -0.4 is 0 Å². The molecule has 2 aliphatic rings. The highest BCUT2D eigenvalue weighted by atomic mass is 19.1. The topological polar surface area (TPSA) is 72.9 Å². The summed E-state index contributed by atoms with van der Waals surface area (Å²) >= 11 is 0. The quantitative estimate of drug-likeness (QED) is 0.780. The van der Waals surface area contributed by atoms with Gasteiger partial charge in [0.05, 0.1) is 5.92 Å². The minimum atomic E-state index is -0.818. The molecule has 134 valence electrons. The van der Waals surface area contributed by atoms with Gasteiger partial charge in [-0.2, -0.15) is 0 Å². The number of carbonyl (C=O) groups is 3. The molecule has 2 saturated heterocycles. The van der Waals surface area contributed by atoms with E-state index in [1.807, 2.05) is 0 Å². The van der Waals surface area contributed by atoms with Crippen LogP contribution in [0.3, 0.4) is 0 Å². The molecule has 3 rings (SSSR count). The Balaban J connectivity index is 1.51. The van der Waals surface area contributed by atoms with E-state index in [4.69, 9.17) is 9.47 Å². The number of rotatable bonds is 3. The normalized spacial score (nSPS) is 24.1. The highest BCUT2D eigenvalue weighted by Gasteiger charge is 2.37. The average molecular weight is 349 g/mol. The van der Waals surface area contributed by atoms with Crippen molar-refractivity contribution in [2.45, 2.75) is 38.4 Å². The third-order valence-electron chi connectivity index (χ3n) is 4.59. The lowest BCUT2D eigenvalue weighted by Crippen LogP contribution is -2.41. The maximum atomic E-state index is 12.9. The molecule has 1 aromatic rings. The molecule has 1 aromatic carbocycles. The van der Waals surface area contributed by atoms with Crippen molar-refractivity contribution < 1.29 is 28.2 Å². The fourth-order valence-electron chi connectivity index (χ4n) is 3.15. The number of benzene rings is 1.